The minimum absolute atomic E-state index is 0.268. The summed E-state index contributed by atoms with van der Waals surface area (Å²) in [5.41, 5.74) is 9.90. The lowest BCUT2D eigenvalue weighted by Gasteiger charge is -2.45. The number of hydrogen-bond donors (Lipinski definition) is 0. The van der Waals surface area contributed by atoms with Gasteiger partial charge in [-0.25, -0.2) is 0 Å². The number of thiophene rings is 1. The van der Waals surface area contributed by atoms with Crippen LogP contribution in [0, 0.1) is 6.92 Å². The topological polar surface area (TPSA) is 0 Å². The molecule has 33 rings (SSSR count). The highest BCUT2D eigenvalue weighted by Crippen LogP contribution is 2.84. The second kappa shape index (κ2) is 5.32. The van der Waals surface area contributed by atoms with Gasteiger partial charge in [0.05, 0.1) is 5.41 Å². The van der Waals surface area contributed by atoms with E-state index in [1.54, 1.807) is 319 Å². The first kappa shape index (κ1) is 23.9. The summed E-state index contributed by atoms with van der Waals surface area (Å²) in [7, 11) is 0. The lowest BCUT2D eigenvalue weighted by atomic mass is 9.54. The van der Waals surface area contributed by atoms with Crippen molar-refractivity contribution in [3.63, 3.8) is 0 Å². The maximum Gasteiger partial charge on any atom is 0.0597 e. The van der Waals surface area contributed by atoms with E-state index in [0.717, 1.165) is 0 Å². The molecule has 272 valence electrons. The molecule has 0 atom stereocenters. The van der Waals surface area contributed by atoms with Crippen LogP contribution in [-0.4, -0.2) is 0 Å². The highest BCUT2D eigenvalue weighted by molar-refractivity contribution is 7.08. The monoisotopic (exact) mass is 818 g/mol. The third kappa shape index (κ3) is 1.22. The van der Waals surface area contributed by atoms with Crippen molar-refractivity contribution in [3.05, 3.63) is 44.1 Å². The van der Waals surface area contributed by atoms with E-state index in [4.69, 9.17) is 0 Å². The van der Waals surface area contributed by atoms with E-state index in [2.05, 4.69) is 17.7 Å². The Morgan fingerprint density at radius 2 is 0.424 bits per heavy atom. The highest BCUT2D eigenvalue weighted by atomic mass is 32.1. The summed E-state index contributed by atoms with van der Waals surface area (Å²) in [6.07, 6.45) is 0. The molecule has 0 fully saturated rings. The fourth-order valence-corrected chi connectivity index (χ4v) is 25.3. The van der Waals surface area contributed by atoms with Crippen LogP contribution in [0.4, 0.5) is 0 Å². The number of aryl methyl sites for hydroxylation is 1. The fraction of sp³-hybridized carbons (Fsp3) is 0.0462. The zero-order chi connectivity index (χ0) is 38.8. The molecular weight excluding hydrogens is 813 g/mol. The second-order valence-electron chi connectivity index (χ2n) is 24.5. The predicted octanol–water partition coefficient (Wildman–Crippen LogP) is 18.6. The Bertz CT molecular complexity index is 6990. The normalized spacial score (nSPS) is 21.3. The molecule has 0 radical (unpaired) electrons. The van der Waals surface area contributed by atoms with Crippen LogP contribution in [0.3, 0.4) is 0 Å². The summed E-state index contributed by atoms with van der Waals surface area (Å²) in [6.45, 7) is 2.50. The lowest BCUT2D eigenvalue weighted by molar-refractivity contribution is 0.566. The third-order valence-corrected chi connectivity index (χ3v) is 25.3. The Morgan fingerprint density at radius 1 is 0.242 bits per heavy atom. The molecule has 0 saturated heterocycles. The standard InChI is InChI=1S/C65H6S/c1-4-2-66-3-5(4)65-62-58-52-38-30-22-10-7-6-8-11(10)23-25-21-15(8)17-13-9(6)12-16-14(7)20-24(22)36(38)44-42-28(20)26(16)34-32-18(12)19(13)33-35-27(17)29(21)43-45-37(25)39(31(23)30)53(52)59(62)55(45)57-49(43)47(35)51-41(33)40(32)50-46(34)48(42)56(54(44)58)63(65)60(50)61(51)64(57)65/h2-3,62H,1H3. The van der Waals surface area contributed by atoms with E-state index in [0.29, 0.717) is 0 Å². The molecule has 0 aliphatic heterocycles. The molecule has 28 aromatic carbocycles. The van der Waals surface area contributed by atoms with E-state index < -0.39 is 0 Å². The van der Waals surface area contributed by atoms with Gasteiger partial charge in [-0.3, -0.25) is 0 Å². The van der Waals surface area contributed by atoms with Crippen molar-refractivity contribution in [2.45, 2.75) is 18.3 Å². The molecule has 1 heterocycles. The van der Waals surface area contributed by atoms with Gasteiger partial charge in [-0.2, -0.15) is 11.3 Å². The van der Waals surface area contributed by atoms with Gasteiger partial charge in [-0.15, -0.1) is 0 Å². The minimum atomic E-state index is -0.268. The van der Waals surface area contributed by atoms with Gasteiger partial charge in [-0.05, 0) is 342 Å². The average Bonchev–Trinajstić information content (AvgIpc) is 4.14. The van der Waals surface area contributed by atoms with Gasteiger partial charge in [0.1, 0.15) is 0 Å². The Morgan fingerprint density at radius 3 is 0.636 bits per heavy atom. The number of hydrogen-bond acceptors (Lipinski definition) is 1. The summed E-state index contributed by atoms with van der Waals surface area (Å²) in [6, 6.07) is 0. The van der Waals surface area contributed by atoms with Gasteiger partial charge < -0.3 is 0 Å². The maximum atomic E-state index is 2.68. The Labute approximate surface area is 362 Å². The first-order valence-electron chi connectivity index (χ1n) is 24.7. The van der Waals surface area contributed by atoms with Crippen LogP contribution in [0.5, 0.6) is 0 Å². The van der Waals surface area contributed by atoms with Crippen LogP contribution in [0.25, 0.3) is 291 Å². The molecule has 0 spiro atoms. The maximum absolute atomic E-state index is 2.68. The van der Waals surface area contributed by atoms with E-state index >= 15 is 0 Å². The van der Waals surface area contributed by atoms with E-state index in [9.17, 15) is 0 Å². The quantitative estimate of drug-likeness (QED) is 0.145. The molecule has 4 aliphatic rings. The van der Waals surface area contributed by atoms with Crippen molar-refractivity contribution in [1.82, 2.24) is 0 Å². The third-order valence-electron chi connectivity index (χ3n) is 24.4. The number of benzene rings is 18. The SMILES string of the molecule is Cc1cscc1C12c3c4c5c6c7c8c(c9c%10c1c1c3c3c%11c4c4c5c5c7c7c%12c8c8c9c9c%10c%10c1c1c3c3c%11c%11c4c4c5c7c5c7c%12c8c8c9c9c%10c1c1c3c3c%11c4c5c4c7c8c9c1c34)C62. The van der Waals surface area contributed by atoms with Gasteiger partial charge >= 0.3 is 0 Å². The lowest BCUT2D eigenvalue weighted by Crippen LogP contribution is -2.38. The van der Waals surface area contributed by atoms with Gasteiger partial charge in [-0.1, -0.05) is 0 Å². The minimum Gasteiger partial charge on any atom is -0.152 e. The molecule has 1 heteroatoms. The van der Waals surface area contributed by atoms with Crippen LogP contribution >= 0.6 is 11.3 Å². The first-order chi connectivity index (χ1) is 32.9. The van der Waals surface area contributed by atoms with Crippen LogP contribution in [0.15, 0.2) is 10.8 Å². The van der Waals surface area contributed by atoms with Gasteiger partial charge in [0.25, 0.3) is 0 Å². The Balaban J connectivity index is 1.26. The molecule has 66 heavy (non-hydrogen) atoms. The van der Waals surface area contributed by atoms with Crippen molar-refractivity contribution in [2.75, 3.05) is 0 Å². The Hall–Kier alpha value is -7.84. The van der Waals surface area contributed by atoms with Crippen LogP contribution in [0.1, 0.15) is 39.3 Å². The fourth-order valence-electron chi connectivity index (χ4n) is 24.4. The Kier molecular flexibility index (Phi) is 1.93. The molecule has 0 nitrogen and oxygen atoms in total. The van der Waals surface area contributed by atoms with Crippen LogP contribution < -0.4 is 0 Å². The molecule has 0 unspecified atom stereocenters. The average molecular weight is 819 g/mol. The zero-order valence-electron chi connectivity index (χ0n) is 33.6. The second-order valence-corrected chi connectivity index (χ2v) is 25.3. The molecule has 0 bridgehead atoms. The molecule has 1 aromatic heterocycles. The molecular formula is C65H6S. The first-order valence-corrected chi connectivity index (χ1v) is 25.6. The summed E-state index contributed by atoms with van der Waals surface area (Å²) >= 11 is 1.98. The molecule has 0 N–H and O–H groups in total. The molecule has 0 amide bonds. The van der Waals surface area contributed by atoms with Crippen molar-refractivity contribution >= 4 is 302 Å². The van der Waals surface area contributed by atoms with Crippen molar-refractivity contribution < 1.29 is 0 Å². The zero-order valence-corrected chi connectivity index (χ0v) is 34.5. The van der Waals surface area contributed by atoms with Crippen molar-refractivity contribution in [2.24, 2.45) is 0 Å². The molecule has 0 saturated carbocycles. The van der Waals surface area contributed by atoms with E-state index in [1.807, 2.05) is 11.3 Å². The van der Waals surface area contributed by atoms with E-state index in [1.165, 1.54) is 5.56 Å². The van der Waals surface area contributed by atoms with Gasteiger partial charge in [0.15, 0.2) is 0 Å². The van der Waals surface area contributed by atoms with Crippen LogP contribution in [0.2, 0.25) is 0 Å². The van der Waals surface area contributed by atoms with Gasteiger partial charge in [0.2, 0.25) is 0 Å². The summed E-state index contributed by atoms with van der Waals surface area (Å²) in [4.78, 5) is 0. The summed E-state index contributed by atoms with van der Waals surface area (Å²) in [5, 5.41) is 95.8. The smallest absolute Gasteiger partial charge is 0.0597 e. The van der Waals surface area contributed by atoms with Crippen LogP contribution in [-0.2, 0) is 5.41 Å². The van der Waals surface area contributed by atoms with Crippen molar-refractivity contribution in [1.29, 1.82) is 0 Å². The van der Waals surface area contributed by atoms with Crippen molar-refractivity contribution in [3.8, 4) is 0 Å². The molecule has 29 aromatic rings. The summed E-state index contributed by atoms with van der Waals surface area (Å²) in [5.74, 6) is 0.274. The number of rotatable bonds is 1. The van der Waals surface area contributed by atoms with Gasteiger partial charge in [0, 0.05) is 5.92 Å². The largest absolute Gasteiger partial charge is 0.152 e. The predicted molar refractivity (Wildman–Crippen MR) is 283 cm³/mol. The highest BCUT2D eigenvalue weighted by Gasteiger charge is 2.64. The molecule has 4 aliphatic carbocycles. The summed E-state index contributed by atoms with van der Waals surface area (Å²) < 4.78 is 0. The van der Waals surface area contributed by atoms with E-state index in [-0.39, 0.29) is 11.3 Å².